The molecular weight excluding hydrogens is 978 g/mol. The van der Waals surface area contributed by atoms with Crippen LogP contribution in [-0.4, -0.2) is 14.1 Å². The fourth-order valence-electron chi connectivity index (χ4n) is 9.41. The number of fused-ring (bicyclic) bond motifs is 7. The van der Waals surface area contributed by atoms with Crippen molar-refractivity contribution in [3.63, 3.8) is 0 Å². The molecule has 0 saturated heterocycles. The van der Waals surface area contributed by atoms with E-state index in [0.717, 1.165) is 78.2 Å². The molecular formula is C58H42N5OPt-3. The van der Waals surface area contributed by atoms with Gasteiger partial charge in [0.15, 0.2) is 0 Å². The van der Waals surface area contributed by atoms with Gasteiger partial charge in [0.2, 0.25) is 0 Å². The van der Waals surface area contributed by atoms with E-state index in [4.69, 9.17) is 9.72 Å². The van der Waals surface area contributed by atoms with E-state index in [0.29, 0.717) is 11.5 Å². The molecule has 318 valence electrons. The molecule has 8 aromatic carbocycles. The fraction of sp³-hybridized carbons (Fsp3) is 0.0690. The van der Waals surface area contributed by atoms with Crippen LogP contribution in [0.25, 0.3) is 66.2 Å². The summed E-state index contributed by atoms with van der Waals surface area (Å²) in [7, 11) is 0. The van der Waals surface area contributed by atoms with Crippen molar-refractivity contribution in [2.75, 3.05) is 9.80 Å². The maximum atomic E-state index is 6.68. The van der Waals surface area contributed by atoms with E-state index in [2.05, 4.69) is 228 Å². The summed E-state index contributed by atoms with van der Waals surface area (Å²) < 4.78 is 11.3. The van der Waals surface area contributed by atoms with E-state index < -0.39 is 0 Å². The van der Waals surface area contributed by atoms with Gasteiger partial charge in [-0.2, -0.15) is 12.1 Å². The molecule has 0 amide bonds. The van der Waals surface area contributed by atoms with Crippen LogP contribution < -0.4 is 14.5 Å². The summed E-state index contributed by atoms with van der Waals surface area (Å²) in [5, 5.41) is 4.66. The molecule has 0 spiro atoms. The van der Waals surface area contributed by atoms with Crippen molar-refractivity contribution < 1.29 is 25.8 Å². The Kier molecular flexibility index (Phi) is 9.93. The van der Waals surface area contributed by atoms with Gasteiger partial charge in [0.1, 0.15) is 5.82 Å². The Balaban J connectivity index is 0.00000469. The number of hydrogen-bond donors (Lipinski definition) is 0. The first kappa shape index (κ1) is 40.4. The third-order valence-electron chi connectivity index (χ3n) is 12.4. The molecule has 1 aliphatic heterocycles. The standard InChI is InChI=1S/C58H42N5O.Pt/c1-58(2,3)40-33-34-59-56(35-40)63-51-27-12-9-23-47(51)48-32-31-43(37-55(48)63)64-42-20-15-19-41(36-42)60-38-61(53-29-14-13-28-52(53)60)57-44(39-17-5-4-6-18-39)24-16-30-54(57)62-49-25-10-7-21-45(49)46-22-8-11-26-50(46)62;/h4-35,38H,1-3H3;/q-3;. The average molecular weight is 1020 g/mol. The molecule has 0 unspecified atom stereocenters. The molecule has 4 heterocycles. The maximum absolute atomic E-state index is 6.68. The smallest absolute Gasteiger partial charge is 0.135 e. The van der Waals surface area contributed by atoms with E-state index in [-0.39, 0.29) is 26.5 Å². The van der Waals surface area contributed by atoms with Crippen LogP contribution in [0.1, 0.15) is 26.3 Å². The first-order valence-electron chi connectivity index (χ1n) is 21.7. The molecule has 0 saturated carbocycles. The number of rotatable bonds is 7. The molecule has 1 aliphatic rings. The van der Waals surface area contributed by atoms with E-state index in [1.54, 1.807) is 0 Å². The first-order chi connectivity index (χ1) is 31.4. The van der Waals surface area contributed by atoms with Gasteiger partial charge in [-0.3, -0.25) is 0 Å². The number of hydrogen-bond acceptors (Lipinski definition) is 4. The SMILES string of the molecule is CC(C)(C)c1ccnc(-n2c3[c-]c(Oc4[c-]c(N5[CH-]N(c6c(-c7ccccc7)cccc6-n6c7ccccc7c7ccccc76)c6ccccc65)ccc4)ccc3c3ccccc32)c1.[Pt]. The van der Waals surface area contributed by atoms with Crippen LogP contribution in [0, 0.1) is 18.8 Å². The normalized spacial score (nSPS) is 12.6. The predicted molar refractivity (Wildman–Crippen MR) is 263 cm³/mol. The zero-order chi connectivity index (χ0) is 42.9. The number of anilines is 4. The molecule has 0 bridgehead atoms. The van der Waals surface area contributed by atoms with Crippen molar-refractivity contribution >= 4 is 66.4 Å². The van der Waals surface area contributed by atoms with Gasteiger partial charge in [0, 0.05) is 77.7 Å². The fourth-order valence-corrected chi connectivity index (χ4v) is 9.41. The Hall–Kier alpha value is -7.40. The molecule has 0 fully saturated rings. The number of ether oxygens (including phenoxy) is 1. The van der Waals surface area contributed by atoms with E-state index in [9.17, 15) is 0 Å². The van der Waals surface area contributed by atoms with Crippen LogP contribution in [-0.2, 0) is 26.5 Å². The molecule has 3 aromatic heterocycles. The monoisotopic (exact) mass is 1020 g/mol. The van der Waals surface area contributed by atoms with Crippen molar-refractivity contribution in [1.29, 1.82) is 0 Å². The zero-order valence-corrected chi connectivity index (χ0v) is 38.3. The molecule has 6 nitrogen and oxygen atoms in total. The molecule has 12 rings (SSSR count). The molecule has 0 radical (unpaired) electrons. The minimum atomic E-state index is -0.0283. The van der Waals surface area contributed by atoms with Gasteiger partial charge in [-0.25, -0.2) is 4.98 Å². The third kappa shape index (κ3) is 6.79. The average Bonchev–Trinajstić information content (AvgIpc) is 3.99. The van der Waals surface area contributed by atoms with Crippen LogP contribution in [0.5, 0.6) is 11.5 Å². The Labute approximate surface area is 392 Å². The van der Waals surface area contributed by atoms with Crippen LogP contribution in [0.15, 0.2) is 194 Å². The Morgan fingerprint density at radius 1 is 0.508 bits per heavy atom. The minimum absolute atomic E-state index is 0. The van der Waals surface area contributed by atoms with E-state index >= 15 is 0 Å². The summed E-state index contributed by atoms with van der Waals surface area (Å²) in [6, 6.07) is 73.4. The largest absolute Gasteiger partial charge is 0.509 e. The predicted octanol–water partition coefficient (Wildman–Crippen LogP) is 15.0. The number of pyridine rings is 1. The van der Waals surface area contributed by atoms with Gasteiger partial charge < -0.3 is 23.7 Å². The Bertz CT molecular complexity index is 3530. The third-order valence-corrected chi connectivity index (χ3v) is 12.4. The summed E-state index contributed by atoms with van der Waals surface area (Å²) in [6.07, 6.45) is 1.90. The van der Waals surface area contributed by atoms with Gasteiger partial charge >= 0.3 is 0 Å². The summed E-state index contributed by atoms with van der Waals surface area (Å²) in [6.45, 7) is 8.87. The van der Waals surface area contributed by atoms with Gasteiger partial charge in [-0.15, -0.1) is 48.1 Å². The Morgan fingerprint density at radius 2 is 1.09 bits per heavy atom. The van der Waals surface area contributed by atoms with E-state index in [1.807, 2.05) is 24.4 Å². The zero-order valence-electron chi connectivity index (χ0n) is 36.0. The number of aromatic nitrogens is 3. The van der Waals surface area contributed by atoms with Crippen LogP contribution in [0.3, 0.4) is 0 Å². The van der Waals surface area contributed by atoms with Crippen molar-refractivity contribution in [1.82, 2.24) is 14.1 Å². The summed E-state index contributed by atoms with van der Waals surface area (Å²) in [5.41, 5.74) is 12.8. The van der Waals surface area contributed by atoms with Crippen LogP contribution >= 0.6 is 0 Å². The van der Waals surface area contributed by atoms with Crippen molar-refractivity contribution in [3.8, 4) is 34.1 Å². The molecule has 11 aromatic rings. The number of para-hydroxylation sites is 6. The van der Waals surface area contributed by atoms with E-state index in [1.165, 1.54) is 16.3 Å². The molecule has 0 N–H and O–H groups in total. The second kappa shape index (κ2) is 16.0. The topological polar surface area (TPSA) is 38.5 Å². The second-order valence-electron chi connectivity index (χ2n) is 17.3. The molecule has 0 atom stereocenters. The van der Waals surface area contributed by atoms with Crippen LogP contribution in [0.4, 0.5) is 22.7 Å². The van der Waals surface area contributed by atoms with Gasteiger partial charge in [-0.05, 0) is 70.5 Å². The maximum Gasteiger partial charge on any atom is 0.135 e. The second-order valence-corrected chi connectivity index (χ2v) is 17.3. The quantitative estimate of drug-likeness (QED) is 0.149. The van der Waals surface area contributed by atoms with Crippen molar-refractivity contribution in [3.05, 3.63) is 219 Å². The van der Waals surface area contributed by atoms with Crippen molar-refractivity contribution in [2.45, 2.75) is 26.2 Å². The first-order valence-corrected chi connectivity index (χ1v) is 21.7. The summed E-state index contributed by atoms with van der Waals surface area (Å²) >= 11 is 0. The summed E-state index contributed by atoms with van der Waals surface area (Å²) in [4.78, 5) is 9.40. The Morgan fingerprint density at radius 3 is 1.80 bits per heavy atom. The van der Waals surface area contributed by atoms with Crippen LogP contribution in [0.2, 0.25) is 0 Å². The number of nitrogens with zero attached hydrogens (tertiary/aromatic N) is 5. The van der Waals surface area contributed by atoms with Gasteiger partial charge in [0.05, 0.1) is 16.7 Å². The summed E-state index contributed by atoms with van der Waals surface area (Å²) in [5.74, 6) is 2.03. The molecule has 0 aliphatic carbocycles. The minimum Gasteiger partial charge on any atom is -0.509 e. The van der Waals surface area contributed by atoms with Gasteiger partial charge in [0.25, 0.3) is 0 Å². The number of benzene rings is 8. The van der Waals surface area contributed by atoms with Gasteiger partial charge in [-0.1, -0.05) is 135 Å². The van der Waals surface area contributed by atoms with Crippen molar-refractivity contribution in [2.24, 2.45) is 0 Å². The molecule has 65 heavy (non-hydrogen) atoms. The molecule has 7 heteroatoms.